The van der Waals surface area contributed by atoms with Gasteiger partial charge in [-0.05, 0) is 30.5 Å². The number of rotatable bonds is 6. The molecule has 0 aromatic heterocycles. The van der Waals surface area contributed by atoms with Gasteiger partial charge in [0.25, 0.3) is 0 Å². The molecule has 0 aliphatic rings. The van der Waals surface area contributed by atoms with Gasteiger partial charge in [0.05, 0.1) is 0 Å². The molecule has 0 aliphatic carbocycles. The highest BCUT2D eigenvalue weighted by molar-refractivity contribution is 7.83. The highest BCUT2D eigenvalue weighted by atomic mass is 32.2. The van der Waals surface area contributed by atoms with Crippen molar-refractivity contribution in [3.8, 4) is 0 Å². The normalized spacial score (nSPS) is 12.8. The van der Waals surface area contributed by atoms with Crippen molar-refractivity contribution in [1.29, 1.82) is 0 Å². The molecule has 0 bridgehead atoms. The smallest absolute Gasteiger partial charge is 0.0483 e. The van der Waals surface area contributed by atoms with E-state index in [4.69, 9.17) is 0 Å². The van der Waals surface area contributed by atoms with Gasteiger partial charge in [0.1, 0.15) is 0 Å². The summed E-state index contributed by atoms with van der Waals surface area (Å²) in [5.74, 6) is 0.637. The molecule has 0 fully saturated rings. The lowest BCUT2D eigenvalue weighted by atomic mass is 10.1. The highest BCUT2D eigenvalue weighted by Crippen LogP contribution is 2.15. The molecule has 0 heterocycles. The van der Waals surface area contributed by atoms with E-state index >= 15 is 0 Å². The zero-order chi connectivity index (χ0) is 12.0. The van der Waals surface area contributed by atoms with Crippen LogP contribution in [0.4, 0.5) is 5.69 Å². The van der Waals surface area contributed by atoms with Crippen LogP contribution in [0, 0.1) is 0 Å². The molecule has 0 saturated carbocycles. The molecule has 1 aromatic rings. The van der Waals surface area contributed by atoms with Gasteiger partial charge >= 0.3 is 0 Å². The first kappa shape index (κ1) is 13.2. The Labute approximate surface area is 101 Å². The molecule has 0 unspecified atom stereocenters. The van der Waals surface area contributed by atoms with Gasteiger partial charge in [0.15, 0.2) is 0 Å². The van der Waals surface area contributed by atoms with E-state index in [-0.39, 0.29) is 0 Å². The van der Waals surface area contributed by atoms with Crippen molar-refractivity contribution >= 4 is 16.5 Å². The fourth-order valence-electron chi connectivity index (χ4n) is 1.71. The number of hydrogen-bond donors (Lipinski definition) is 1. The Bertz CT molecular complexity index is 348. The second kappa shape index (κ2) is 6.69. The maximum atomic E-state index is 11.1. The number of hydrogen-bond acceptors (Lipinski definition) is 2. The quantitative estimate of drug-likeness (QED) is 0.826. The summed E-state index contributed by atoms with van der Waals surface area (Å²) in [6.07, 6.45) is 3.99. The lowest BCUT2D eigenvalue weighted by molar-refractivity contribution is 0.671. The zero-order valence-electron chi connectivity index (χ0n) is 10.3. The lowest BCUT2D eigenvalue weighted by Gasteiger charge is -2.16. The van der Waals surface area contributed by atoms with E-state index in [1.807, 2.05) is 12.1 Å². The SMILES string of the molecule is CCC(CC)Nc1cccc(C[S@](C)=O)c1. The van der Waals surface area contributed by atoms with E-state index in [9.17, 15) is 4.21 Å². The first-order valence-electron chi connectivity index (χ1n) is 5.81. The second-order valence-corrected chi connectivity index (χ2v) is 5.51. The molecule has 1 aromatic carbocycles. The van der Waals surface area contributed by atoms with Gasteiger partial charge in [-0.3, -0.25) is 4.21 Å². The first-order chi connectivity index (χ1) is 7.65. The van der Waals surface area contributed by atoms with Gasteiger partial charge in [0, 0.05) is 34.5 Å². The molecule has 2 nitrogen and oxygen atoms in total. The maximum absolute atomic E-state index is 11.1. The van der Waals surface area contributed by atoms with E-state index in [2.05, 4.69) is 31.3 Å². The number of benzene rings is 1. The average molecular weight is 239 g/mol. The molecule has 1 atom stereocenters. The maximum Gasteiger partial charge on any atom is 0.0483 e. The number of anilines is 1. The Hall–Kier alpha value is -0.830. The third-order valence-electron chi connectivity index (χ3n) is 2.65. The molecule has 1 N–H and O–H groups in total. The van der Waals surface area contributed by atoms with Crippen molar-refractivity contribution in [2.45, 2.75) is 38.5 Å². The van der Waals surface area contributed by atoms with Crippen LogP contribution in [0.1, 0.15) is 32.3 Å². The van der Waals surface area contributed by atoms with Crippen LogP contribution in [-0.2, 0) is 16.6 Å². The minimum absolute atomic E-state index is 0.530. The van der Waals surface area contributed by atoms with Crippen molar-refractivity contribution in [3.05, 3.63) is 29.8 Å². The number of nitrogens with one attached hydrogen (secondary N) is 1. The van der Waals surface area contributed by atoms with Gasteiger partial charge in [-0.1, -0.05) is 26.0 Å². The van der Waals surface area contributed by atoms with E-state index in [1.165, 1.54) is 0 Å². The summed E-state index contributed by atoms with van der Waals surface area (Å²) in [6.45, 7) is 4.37. The van der Waals surface area contributed by atoms with E-state index in [1.54, 1.807) is 6.26 Å². The summed E-state index contributed by atoms with van der Waals surface area (Å²) >= 11 is 0. The fourth-order valence-corrected chi connectivity index (χ4v) is 2.36. The first-order valence-corrected chi connectivity index (χ1v) is 7.54. The van der Waals surface area contributed by atoms with Crippen molar-refractivity contribution in [3.63, 3.8) is 0 Å². The minimum Gasteiger partial charge on any atom is -0.382 e. The van der Waals surface area contributed by atoms with Crippen LogP contribution in [0.5, 0.6) is 0 Å². The molecule has 90 valence electrons. The topological polar surface area (TPSA) is 29.1 Å². The Morgan fingerprint density at radius 3 is 2.56 bits per heavy atom. The summed E-state index contributed by atoms with van der Waals surface area (Å²) in [4.78, 5) is 0. The van der Waals surface area contributed by atoms with E-state index in [0.717, 1.165) is 24.1 Å². The van der Waals surface area contributed by atoms with Crippen molar-refractivity contribution in [1.82, 2.24) is 0 Å². The Morgan fingerprint density at radius 1 is 1.31 bits per heavy atom. The molecular weight excluding hydrogens is 218 g/mol. The molecule has 3 heteroatoms. The fraction of sp³-hybridized carbons (Fsp3) is 0.538. The van der Waals surface area contributed by atoms with Crippen molar-refractivity contribution < 1.29 is 4.21 Å². The molecule has 0 radical (unpaired) electrons. The standard InChI is InChI=1S/C13H21NOS/c1-4-12(5-2)14-13-8-6-7-11(9-13)10-16(3)15/h6-9,12,14H,4-5,10H2,1-3H3/t16-/m0/s1. The monoisotopic (exact) mass is 239 g/mol. The summed E-state index contributed by atoms with van der Waals surface area (Å²) in [6, 6.07) is 8.74. The van der Waals surface area contributed by atoms with E-state index < -0.39 is 10.8 Å². The summed E-state index contributed by atoms with van der Waals surface area (Å²) in [5, 5.41) is 3.49. The third kappa shape index (κ3) is 4.35. The summed E-state index contributed by atoms with van der Waals surface area (Å²) < 4.78 is 11.1. The average Bonchev–Trinajstić information content (AvgIpc) is 2.25. The van der Waals surface area contributed by atoms with Gasteiger partial charge in [-0.15, -0.1) is 0 Å². The van der Waals surface area contributed by atoms with Crippen LogP contribution in [0.15, 0.2) is 24.3 Å². The van der Waals surface area contributed by atoms with Crippen molar-refractivity contribution in [2.75, 3.05) is 11.6 Å². The Kier molecular flexibility index (Phi) is 5.53. The molecule has 16 heavy (non-hydrogen) atoms. The largest absolute Gasteiger partial charge is 0.382 e. The van der Waals surface area contributed by atoms with Gasteiger partial charge in [-0.2, -0.15) is 0 Å². The summed E-state index contributed by atoms with van der Waals surface area (Å²) in [7, 11) is -0.769. The van der Waals surface area contributed by atoms with Crippen LogP contribution < -0.4 is 5.32 Å². The molecule has 0 spiro atoms. The summed E-state index contributed by atoms with van der Waals surface area (Å²) in [5.41, 5.74) is 2.27. The van der Waals surface area contributed by atoms with E-state index in [0.29, 0.717) is 11.8 Å². The van der Waals surface area contributed by atoms with Crippen LogP contribution in [-0.4, -0.2) is 16.5 Å². The molecule has 0 amide bonds. The molecule has 0 saturated heterocycles. The highest BCUT2D eigenvalue weighted by Gasteiger charge is 2.03. The van der Waals surface area contributed by atoms with Crippen LogP contribution in [0.25, 0.3) is 0 Å². The third-order valence-corrected chi connectivity index (χ3v) is 3.39. The minimum atomic E-state index is -0.769. The predicted molar refractivity (Wildman–Crippen MR) is 72.2 cm³/mol. The zero-order valence-corrected chi connectivity index (χ0v) is 11.1. The van der Waals surface area contributed by atoms with Gasteiger partial charge in [-0.25, -0.2) is 0 Å². The Balaban J connectivity index is 2.70. The lowest BCUT2D eigenvalue weighted by Crippen LogP contribution is -2.16. The second-order valence-electron chi connectivity index (χ2n) is 4.08. The molecular formula is C13H21NOS. The van der Waals surface area contributed by atoms with Crippen LogP contribution in [0.3, 0.4) is 0 Å². The van der Waals surface area contributed by atoms with Gasteiger partial charge in [0.2, 0.25) is 0 Å². The Morgan fingerprint density at radius 2 is 2.00 bits per heavy atom. The van der Waals surface area contributed by atoms with Gasteiger partial charge < -0.3 is 5.32 Å². The predicted octanol–water partition coefficient (Wildman–Crippen LogP) is 3.17. The van der Waals surface area contributed by atoms with Crippen LogP contribution >= 0.6 is 0 Å². The van der Waals surface area contributed by atoms with Crippen LogP contribution in [0.2, 0.25) is 0 Å². The van der Waals surface area contributed by atoms with Crippen molar-refractivity contribution in [2.24, 2.45) is 0 Å². The molecule has 1 rings (SSSR count). The molecule has 0 aliphatic heterocycles.